The minimum absolute atomic E-state index is 0.0298. The quantitative estimate of drug-likeness (QED) is 0.234. The van der Waals surface area contributed by atoms with Gasteiger partial charge >= 0.3 is 18.4 Å². The summed E-state index contributed by atoms with van der Waals surface area (Å²) in [5.41, 5.74) is -2.47. The van der Waals surface area contributed by atoms with Crippen LogP contribution in [0.15, 0.2) is 60.2 Å². The van der Waals surface area contributed by atoms with Gasteiger partial charge in [-0.05, 0) is 37.1 Å². The van der Waals surface area contributed by atoms with Crippen LogP contribution in [0.3, 0.4) is 0 Å². The van der Waals surface area contributed by atoms with Gasteiger partial charge in [-0.25, -0.2) is 4.79 Å². The lowest BCUT2D eigenvalue weighted by Crippen LogP contribution is -2.52. The number of amides is 3. The van der Waals surface area contributed by atoms with Gasteiger partial charge in [0.1, 0.15) is 0 Å². The summed E-state index contributed by atoms with van der Waals surface area (Å²) in [4.78, 5) is 25.5. The van der Waals surface area contributed by atoms with Crippen molar-refractivity contribution in [3.05, 3.63) is 82.4 Å². The summed E-state index contributed by atoms with van der Waals surface area (Å²) >= 11 is 0. The largest absolute Gasteiger partial charge is 0.416 e. The number of benzene rings is 2. The zero-order valence-corrected chi connectivity index (χ0v) is 22.2. The Labute approximate surface area is 232 Å². The summed E-state index contributed by atoms with van der Waals surface area (Å²) in [5.74, 6) is -1.17. The van der Waals surface area contributed by atoms with Crippen LogP contribution in [-0.4, -0.2) is 49.5 Å². The van der Waals surface area contributed by atoms with Crippen molar-refractivity contribution in [1.29, 1.82) is 0 Å². The highest BCUT2D eigenvalue weighted by Crippen LogP contribution is 2.36. The molecule has 1 aliphatic rings. The molecule has 3 amide bonds. The third kappa shape index (κ3) is 9.22. The summed E-state index contributed by atoms with van der Waals surface area (Å²) in [6.45, 7) is 4.01. The van der Waals surface area contributed by atoms with Crippen molar-refractivity contribution in [3.63, 3.8) is 0 Å². The third-order valence-electron chi connectivity index (χ3n) is 6.40. The highest BCUT2D eigenvalue weighted by Gasteiger charge is 2.37. The number of hydrogen-bond donors (Lipinski definition) is 4. The number of allylic oxidation sites excluding steroid dienone is 1. The Hall–Kier alpha value is -4.09. The molecule has 2 aromatic carbocycles. The van der Waals surface area contributed by atoms with Gasteiger partial charge in [-0.2, -0.15) is 26.3 Å². The normalized spacial score (nSPS) is 15.2. The number of carbonyl (C=O) groups excluding carboxylic acids is 2. The maximum atomic E-state index is 13.2. The number of rotatable bonds is 11. The molecule has 0 fully saturated rings. The Morgan fingerprint density at radius 3 is 2.07 bits per heavy atom. The van der Waals surface area contributed by atoms with Gasteiger partial charge in [-0.15, -0.1) is 4.67 Å². The van der Waals surface area contributed by atoms with Crippen LogP contribution in [-0.2, 0) is 12.4 Å². The zero-order chi connectivity index (χ0) is 30.2. The Kier molecular flexibility index (Phi) is 10.4. The van der Waals surface area contributed by atoms with Gasteiger partial charge in [-0.3, -0.25) is 4.79 Å². The van der Waals surface area contributed by atoms with Gasteiger partial charge in [-0.1, -0.05) is 37.3 Å². The van der Waals surface area contributed by atoms with E-state index in [9.17, 15) is 35.9 Å². The van der Waals surface area contributed by atoms with Crippen molar-refractivity contribution in [3.8, 4) is 0 Å². The molecule has 41 heavy (non-hydrogen) atoms. The molecule has 3 unspecified atom stereocenters. The Morgan fingerprint density at radius 2 is 1.54 bits per heavy atom. The summed E-state index contributed by atoms with van der Waals surface area (Å²) in [6.07, 6.45) is -5.17. The van der Waals surface area contributed by atoms with Crippen LogP contribution in [0.1, 0.15) is 53.4 Å². The van der Waals surface area contributed by atoms with Gasteiger partial charge < -0.3 is 21.3 Å². The molecule has 0 aromatic heterocycles. The number of carbonyl (C=O) groups is 2. The molecule has 1 aliphatic heterocycles. The van der Waals surface area contributed by atoms with Gasteiger partial charge in [0.15, 0.2) is 0 Å². The second-order valence-electron chi connectivity index (χ2n) is 9.41. The maximum absolute atomic E-state index is 13.2. The smallest absolute Gasteiger partial charge is 0.350 e. The average Bonchev–Trinajstić information content (AvgIpc) is 3.47. The van der Waals surface area contributed by atoms with Crippen molar-refractivity contribution < 1.29 is 35.9 Å². The Morgan fingerprint density at radius 1 is 0.902 bits per heavy atom. The molecular formula is C28H30F6N5O2+. The van der Waals surface area contributed by atoms with E-state index in [1.165, 1.54) is 12.4 Å². The van der Waals surface area contributed by atoms with Crippen LogP contribution in [0.25, 0.3) is 0 Å². The first-order valence-corrected chi connectivity index (χ1v) is 12.8. The minimum atomic E-state index is -5.09. The van der Waals surface area contributed by atoms with E-state index in [4.69, 9.17) is 0 Å². The van der Waals surface area contributed by atoms with E-state index in [1.54, 1.807) is 6.08 Å². The fraction of sp³-hybridized carbons (Fsp3) is 0.357. The van der Waals surface area contributed by atoms with Gasteiger partial charge in [0.25, 0.3) is 18.3 Å². The second-order valence-corrected chi connectivity index (χ2v) is 9.41. The fourth-order valence-electron chi connectivity index (χ4n) is 4.00. The number of halogens is 6. The first-order chi connectivity index (χ1) is 19.3. The first-order valence-electron chi connectivity index (χ1n) is 12.8. The molecular weight excluding hydrogens is 552 g/mol. The summed E-state index contributed by atoms with van der Waals surface area (Å²) in [7, 11) is 0. The van der Waals surface area contributed by atoms with Crippen LogP contribution >= 0.6 is 0 Å². The third-order valence-corrected chi connectivity index (χ3v) is 6.40. The molecule has 1 heterocycles. The fourth-order valence-corrected chi connectivity index (χ4v) is 4.00. The number of hydrogen-bond acceptors (Lipinski definition) is 3. The van der Waals surface area contributed by atoms with Crippen molar-refractivity contribution in [2.24, 2.45) is 0 Å². The Bertz CT molecular complexity index is 1290. The summed E-state index contributed by atoms with van der Waals surface area (Å²) in [5, 5.41) is 11.2. The number of urea groups is 1. The molecule has 0 saturated heterocycles. The standard InChI is InChI=1S/C28H29F6N5O2/c1-3-23(15-36-17(2)18-7-5-4-6-8-18)38-26(41)39-24(19-9-10-35-14-19)16-37-25(40)20-11-21(27(29,30)31)13-22(12-20)28(32,33)34/h4-14,17,23-24,36H,3,15-16H2,1-2H3,(H2-,37,38,39,40,41)/p+1. The van der Waals surface area contributed by atoms with E-state index in [0.29, 0.717) is 30.7 Å². The van der Waals surface area contributed by atoms with E-state index in [2.05, 4.69) is 25.9 Å². The lowest BCUT2D eigenvalue weighted by atomic mass is 10.0. The van der Waals surface area contributed by atoms with Gasteiger partial charge in [0.2, 0.25) is 0 Å². The maximum Gasteiger partial charge on any atom is 0.416 e. The monoisotopic (exact) mass is 582 g/mol. The van der Waals surface area contributed by atoms with Crippen LogP contribution < -0.4 is 25.9 Å². The van der Waals surface area contributed by atoms with Crippen molar-refractivity contribution >= 4 is 24.4 Å². The van der Waals surface area contributed by atoms with Crippen molar-refractivity contribution in [2.45, 2.75) is 50.7 Å². The second kappa shape index (κ2) is 13.5. The number of nitrogens with zero attached hydrogens (tertiary/aromatic N) is 1. The highest BCUT2D eigenvalue weighted by atomic mass is 19.4. The summed E-state index contributed by atoms with van der Waals surface area (Å²) < 4.78 is 83.1. The van der Waals surface area contributed by atoms with Crippen molar-refractivity contribution in [2.75, 3.05) is 13.1 Å². The molecule has 0 radical (unpaired) electrons. The molecule has 0 saturated carbocycles. The van der Waals surface area contributed by atoms with Gasteiger partial charge in [0.05, 0.1) is 22.7 Å². The van der Waals surface area contributed by atoms with E-state index in [0.717, 1.165) is 5.56 Å². The molecule has 13 heteroatoms. The SMILES string of the molecule is CCC(CNC(C)c1ccccc1)NC(=O)NC(CNC(=O)c1cc(C(F)(F)F)cc(C(F)(F)F)c1)C1=CC=[N+]=C1. The van der Waals surface area contributed by atoms with Crippen LogP contribution in [0.5, 0.6) is 0 Å². The van der Waals surface area contributed by atoms with Gasteiger partial charge in [0, 0.05) is 36.8 Å². The molecule has 7 nitrogen and oxygen atoms in total. The molecule has 0 bridgehead atoms. The molecule has 0 spiro atoms. The molecule has 220 valence electrons. The molecule has 3 atom stereocenters. The van der Waals surface area contributed by atoms with E-state index < -0.39 is 47.0 Å². The zero-order valence-electron chi connectivity index (χ0n) is 22.2. The van der Waals surface area contributed by atoms with E-state index in [-0.39, 0.29) is 24.7 Å². The molecule has 0 aliphatic carbocycles. The predicted molar refractivity (Wildman–Crippen MR) is 144 cm³/mol. The predicted octanol–water partition coefficient (Wildman–Crippen LogP) is 4.40. The van der Waals surface area contributed by atoms with E-state index >= 15 is 0 Å². The van der Waals surface area contributed by atoms with Crippen LogP contribution in [0.2, 0.25) is 0 Å². The van der Waals surface area contributed by atoms with Crippen LogP contribution in [0.4, 0.5) is 31.1 Å². The lowest BCUT2D eigenvalue weighted by Gasteiger charge is -2.24. The number of alkyl halides is 6. The van der Waals surface area contributed by atoms with E-state index in [1.807, 2.05) is 44.2 Å². The Balaban J connectivity index is 1.65. The van der Waals surface area contributed by atoms with Crippen molar-refractivity contribution in [1.82, 2.24) is 25.9 Å². The number of nitrogens with one attached hydrogen (secondary N) is 4. The highest BCUT2D eigenvalue weighted by molar-refractivity contribution is 5.96. The van der Waals surface area contributed by atoms with Crippen LogP contribution in [0, 0.1) is 0 Å². The summed E-state index contributed by atoms with van der Waals surface area (Å²) in [6, 6.07) is 8.68. The molecule has 2 aromatic rings. The molecule has 4 N–H and O–H groups in total. The molecule has 3 rings (SSSR count). The minimum Gasteiger partial charge on any atom is -0.350 e. The first kappa shape index (κ1) is 31.4. The topological polar surface area (TPSA) is 96.4 Å². The average molecular weight is 583 g/mol. The lowest BCUT2D eigenvalue weighted by molar-refractivity contribution is -0.143.